The van der Waals surface area contributed by atoms with Crippen molar-refractivity contribution in [3.63, 3.8) is 0 Å². The van der Waals surface area contributed by atoms with Gasteiger partial charge in [0.25, 0.3) is 0 Å². The second kappa shape index (κ2) is 8.06. The zero-order valence-electron chi connectivity index (χ0n) is 16.3. The van der Waals surface area contributed by atoms with Crippen molar-refractivity contribution in [3.05, 3.63) is 17.7 Å². The fraction of sp³-hybridized carbons (Fsp3) is 0.600. The third kappa shape index (κ3) is 3.82. The number of amides is 1. The van der Waals surface area contributed by atoms with E-state index in [0.29, 0.717) is 5.69 Å². The molecule has 3 N–H and O–H groups in total. The quantitative estimate of drug-likeness (QED) is 0.622. The van der Waals surface area contributed by atoms with E-state index >= 15 is 0 Å². The number of esters is 1. The van der Waals surface area contributed by atoms with Gasteiger partial charge in [-0.15, -0.1) is 0 Å². The molecule has 1 aliphatic heterocycles. The number of nitrogens with one attached hydrogen (secondary N) is 1. The number of fused-ring (bicyclic) bond motifs is 1. The minimum atomic E-state index is -0.364. The lowest BCUT2D eigenvalue weighted by atomic mass is 9.85. The van der Waals surface area contributed by atoms with Crippen LogP contribution in [0, 0.1) is 5.92 Å². The van der Waals surface area contributed by atoms with E-state index in [1.54, 1.807) is 4.90 Å². The van der Waals surface area contributed by atoms with Crippen LogP contribution < -0.4 is 16.0 Å². The van der Waals surface area contributed by atoms with Crippen LogP contribution in [0.3, 0.4) is 0 Å². The van der Waals surface area contributed by atoms with E-state index < -0.39 is 0 Å². The highest BCUT2D eigenvalue weighted by atomic mass is 16.5. The summed E-state index contributed by atoms with van der Waals surface area (Å²) in [5, 5.41) is 3.51. The minimum absolute atomic E-state index is 0.0595. The Balaban J connectivity index is 1.80. The number of methoxy groups -OCH3 is 2. The van der Waals surface area contributed by atoms with Crippen LogP contribution in [0.15, 0.2) is 12.1 Å². The lowest BCUT2D eigenvalue weighted by molar-refractivity contribution is -0.146. The smallest absolute Gasteiger partial charge is 0.414 e. The number of anilines is 3. The monoisotopic (exact) mass is 375 g/mol. The third-order valence-electron chi connectivity index (χ3n) is 5.78. The molecule has 148 valence electrons. The molecule has 1 saturated carbocycles. The number of benzene rings is 1. The first-order valence-electron chi connectivity index (χ1n) is 9.59. The highest BCUT2D eigenvalue weighted by Crippen LogP contribution is 2.39. The van der Waals surface area contributed by atoms with Gasteiger partial charge >= 0.3 is 12.1 Å². The maximum Gasteiger partial charge on any atom is 0.414 e. The Hall–Kier alpha value is -2.44. The number of carbonyl (C=O) groups is 2. The molecule has 0 bridgehead atoms. The van der Waals surface area contributed by atoms with E-state index in [4.69, 9.17) is 15.2 Å². The molecule has 27 heavy (non-hydrogen) atoms. The first kappa shape index (κ1) is 19.3. The maximum absolute atomic E-state index is 12.2. The van der Waals surface area contributed by atoms with Gasteiger partial charge in [0.2, 0.25) is 0 Å². The molecule has 0 unspecified atom stereocenters. The van der Waals surface area contributed by atoms with Crippen LogP contribution in [0.1, 0.15) is 44.6 Å². The molecule has 1 aromatic rings. The van der Waals surface area contributed by atoms with Crippen molar-refractivity contribution in [2.24, 2.45) is 5.92 Å². The van der Waals surface area contributed by atoms with Crippen LogP contribution in [0.2, 0.25) is 0 Å². The molecule has 1 aliphatic carbocycles. The summed E-state index contributed by atoms with van der Waals surface area (Å²) in [5.41, 5.74) is 9.79. The van der Waals surface area contributed by atoms with Crippen LogP contribution in [0.4, 0.5) is 21.9 Å². The molecule has 3 rings (SSSR count). The fourth-order valence-electron chi connectivity index (χ4n) is 4.29. The standard InChI is InChI=1S/C20H29N3O4/c1-12-7-8-15-17(23(12)20(25)27-3)10-9-16(18(15)21)22-14-6-4-5-13(11-14)19(24)26-2/h9-10,12-14,22H,4-8,11,21H2,1-3H3/t12-,13+,14-/m0/s1. The Kier molecular flexibility index (Phi) is 5.77. The number of nitrogen functional groups attached to an aromatic ring is 1. The highest BCUT2D eigenvalue weighted by Gasteiger charge is 2.32. The average molecular weight is 375 g/mol. The van der Waals surface area contributed by atoms with E-state index in [1.807, 2.05) is 19.1 Å². The number of hydrogen-bond acceptors (Lipinski definition) is 6. The van der Waals surface area contributed by atoms with E-state index in [-0.39, 0.29) is 30.1 Å². The van der Waals surface area contributed by atoms with Crippen molar-refractivity contribution in [2.45, 2.75) is 57.5 Å². The minimum Gasteiger partial charge on any atom is -0.469 e. The molecule has 7 heteroatoms. The van der Waals surface area contributed by atoms with Gasteiger partial charge in [-0.2, -0.15) is 0 Å². The van der Waals surface area contributed by atoms with E-state index in [9.17, 15) is 9.59 Å². The maximum atomic E-state index is 12.2. The lowest BCUT2D eigenvalue weighted by Gasteiger charge is -2.36. The summed E-state index contributed by atoms with van der Waals surface area (Å²) in [6.07, 6.45) is 4.89. The third-order valence-corrected chi connectivity index (χ3v) is 5.78. The molecule has 7 nitrogen and oxygen atoms in total. The second-order valence-electron chi connectivity index (χ2n) is 7.48. The van der Waals surface area contributed by atoms with Gasteiger partial charge < -0.3 is 20.5 Å². The number of rotatable bonds is 3. The molecule has 0 radical (unpaired) electrons. The summed E-state index contributed by atoms with van der Waals surface area (Å²) in [5.74, 6) is -0.196. The Morgan fingerprint density at radius 3 is 2.67 bits per heavy atom. The Morgan fingerprint density at radius 2 is 1.96 bits per heavy atom. The first-order valence-corrected chi connectivity index (χ1v) is 9.59. The molecule has 0 saturated heterocycles. The van der Waals surface area contributed by atoms with Gasteiger partial charge in [0.05, 0.1) is 37.2 Å². The van der Waals surface area contributed by atoms with Crippen molar-refractivity contribution >= 4 is 29.1 Å². The van der Waals surface area contributed by atoms with Gasteiger partial charge in [0, 0.05) is 17.6 Å². The summed E-state index contributed by atoms with van der Waals surface area (Å²) in [6, 6.07) is 4.11. The summed E-state index contributed by atoms with van der Waals surface area (Å²) in [6.45, 7) is 2.01. The SMILES string of the molecule is COC(=O)[C@@H]1CCC[C@H](Nc2ccc3c(c2N)CC[C@H](C)N3C(=O)OC)C1. The molecule has 1 aromatic carbocycles. The molecule has 1 amide bonds. The van der Waals surface area contributed by atoms with Crippen molar-refractivity contribution in [2.75, 3.05) is 30.2 Å². The molecule has 1 heterocycles. The van der Waals surface area contributed by atoms with Gasteiger partial charge in [-0.25, -0.2) is 4.79 Å². The largest absolute Gasteiger partial charge is 0.469 e. The fourth-order valence-corrected chi connectivity index (χ4v) is 4.29. The number of hydrogen-bond donors (Lipinski definition) is 2. The predicted molar refractivity (Wildman–Crippen MR) is 105 cm³/mol. The van der Waals surface area contributed by atoms with Crippen LogP contribution in [-0.2, 0) is 20.7 Å². The number of nitrogens with zero attached hydrogens (tertiary/aromatic N) is 1. The van der Waals surface area contributed by atoms with E-state index in [2.05, 4.69) is 5.32 Å². The number of nitrogens with two attached hydrogens (primary N) is 1. The van der Waals surface area contributed by atoms with Crippen LogP contribution in [-0.4, -0.2) is 38.4 Å². The Labute approximate surface area is 160 Å². The molecule has 0 aromatic heterocycles. The van der Waals surface area contributed by atoms with Crippen molar-refractivity contribution in [1.82, 2.24) is 0 Å². The normalized spacial score (nSPS) is 24.7. The number of carbonyl (C=O) groups excluding carboxylic acids is 2. The highest BCUT2D eigenvalue weighted by molar-refractivity contribution is 5.93. The summed E-state index contributed by atoms with van der Waals surface area (Å²) >= 11 is 0. The van der Waals surface area contributed by atoms with Crippen LogP contribution in [0.25, 0.3) is 0 Å². The van der Waals surface area contributed by atoms with Crippen molar-refractivity contribution < 1.29 is 19.1 Å². The average Bonchev–Trinajstić information content (AvgIpc) is 2.69. The summed E-state index contributed by atoms with van der Waals surface area (Å²) < 4.78 is 9.84. The van der Waals surface area contributed by atoms with Gasteiger partial charge in [0.1, 0.15) is 0 Å². The zero-order valence-corrected chi connectivity index (χ0v) is 16.3. The van der Waals surface area contributed by atoms with Crippen LogP contribution in [0.5, 0.6) is 0 Å². The van der Waals surface area contributed by atoms with E-state index in [0.717, 1.165) is 55.5 Å². The molecule has 2 aliphatic rings. The van der Waals surface area contributed by atoms with Crippen LogP contribution >= 0.6 is 0 Å². The van der Waals surface area contributed by atoms with Gasteiger partial charge in [0.15, 0.2) is 0 Å². The topological polar surface area (TPSA) is 93.9 Å². The molecule has 1 fully saturated rings. The zero-order chi connectivity index (χ0) is 19.6. The predicted octanol–water partition coefficient (Wildman–Crippen LogP) is 3.32. The van der Waals surface area contributed by atoms with Crippen molar-refractivity contribution in [3.8, 4) is 0 Å². The molecular weight excluding hydrogens is 346 g/mol. The summed E-state index contributed by atoms with van der Waals surface area (Å²) in [4.78, 5) is 25.7. The van der Waals surface area contributed by atoms with Gasteiger partial charge in [-0.3, -0.25) is 9.69 Å². The van der Waals surface area contributed by atoms with E-state index in [1.165, 1.54) is 14.2 Å². The number of ether oxygens (including phenoxy) is 2. The lowest BCUT2D eigenvalue weighted by Crippen LogP contribution is -2.42. The molecule has 3 atom stereocenters. The summed E-state index contributed by atoms with van der Waals surface area (Å²) in [7, 11) is 2.83. The second-order valence-corrected chi connectivity index (χ2v) is 7.48. The van der Waals surface area contributed by atoms with Crippen molar-refractivity contribution in [1.29, 1.82) is 0 Å². The molecular formula is C20H29N3O4. The first-order chi connectivity index (χ1) is 13.0. The Bertz CT molecular complexity index is 721. The Morgan fingerprint density at radius 1 is 1.19 bits per heavy atom. The van der Waals surface area contributed by atoms with Gasteiger partial charge in [-0.05, 0) is 51.2 Å². The molecule has 0 spiro atoms. The van der Waals surface area contributed by atoms with Gasteiger partial charge in [-0.1, -0.05) is 6.42 Å².